The average Bonchev–Trinajstić information content (AvgIpc) is 3.23. The fraction of sp³-hybridized carbons (Fsp3) is 0.111. The van der Waals surface area contributed by atoms with E-state index < -0.39 is 0 Å². The topological polar surface area (TPSA) is 0 Å². The molecule has 32 heavy (non-hydrogen) atoms. The molecular weight excluding hydrogens is 557 g/mol. The van der Waals surface area contributed by atoms with Gasteiger partial charge in [-0.25, -0.2) is 0 Å². The van der Waals surface area contributed by atoms with Gasteiger partial charge in [0.05, 0.1) is 0 Å². The molecule has 0 fully saturated rings. The van der Waals surface area contributed by atoms with E-state index in [0.717, 1.165) is 6.42 Å². The summed E-state index contributed by atoms with van der Waals surface area (Å²) in [5.41, 5.74) is 8.81. The molecule has 0 amide bonds. The molecule has 0 saturated heterocycles. The molecule has 0 N–H and O–H groups in total. The molecule has 3 aromatic rings. The van der Waals surface area contributed by atoms with Crippen LogP contribution in [-0.4, -0.2) is 0 Å². The zero-order chi connectivity index (χ0) is 17.8. The van der Waals surface area contributed by atoms with Gasteiger partial charge >= 0.3 is 26.2 Å². The number of benzene rings is 3. The minimum atomic E-state index is 0. The van der Waals surface area contributed by atoms with Crippen molar-refractivity contribution >= 4 is 11.1 Å². The van der Waals surface area contributed by atoms with Crippen molar-refractivity contribution < 1.29 is 75.8 Å². The van der Waals surface area contributed by atoms with Crippen molar-refractivity contribution in [2.75, 3.05) is 0 Å². The molecular formula is C27H20Cl4Zr. The molecule has 3 aromatic carbocycles. The summed E-state index contributed by atoms with van der Waals surface area (Å²) in [4.78, 5) is 0. The predicted octanol–water partition coefficient (Wildman–Crippen LogP) is -7.04. The van der Waals surface area contributed by atoms with Crippen molar-refractivity contribution in [2.24, 2.45) is 5.92 Å². The maximum Gasteiger partial charge on any atom is 4.00 e. The van der Waals surface area contributed by atoms with Crippen LogP contribution >= 0.6 is 0 Å². The third-order valence-corrected chi connectivity index (χ3v) is 6.37. The van der Waals surface area contributed by atoms with Gasteiger partial charge in [0.25, 0.3) is 0 Å². The second-order valence-corrected chi connectivity index (χ2v) is 7.68. The molecule has 0 aliphatic heterocycles. The van der Waals surface area contributed by atoms with Crippen LogP contribution in [0.15, 0.2) is 97.1 Å². The van der Waals surface area contributed by atoms with E-state index in [1.54, 1.807) is 5.57 Å². The van der Waals surface area contributed by atoms with Crippen molar-refractivity contribution in [1.29, 1.82) is 0 Å². The maximum atomic E-state index is 2.37. The number of hydrogen-bond donors (Lipinski definition) is 0. The Kier molecular flexibility index (Phi) is 10.7. The summed E-state index contributed by atoms with van der Waals surface area (Å²) in [5, 5.41) is 2.85. The molecule has 5 heteroatoms. The molecule has 3 aliphatic rings. The molecule has 0 saturated carbocycles. The first-order valence-corrected chi connectivity index (χ1v) is 9.77. The Labute approximate surface area is 233 Å². The Morgan fingerprint density at radius 3 is 1.75 bits per heavy atom. The van der Waals surface area contributed by atoms with Crippen LogP contribution in [0.3, 0.4) is 0 Å². The molecule has 0 nitrogen and oxygen atoms in total. The molecule has 1 atom stereocenters. The van der Waals surface area contributed by atoms with E-state index in [0.29, 0.717) is 11.8 Å². The van der Waals surface area contributed by atoms with Crippen molar-refractivity contribution in [3.05, 3.63) is 119 Å². The number of fused-ring (bicyclic) bond motifs is 5. The Bertz CT molecular complexity index is 1230. The number of halogens is 4. The van der Waals surface area contributed by atoms with Gasteiger partial charge in [0, 0.05) is 11.8 Å². The Morgan fingerprint density at radius 2 is 1.12 bits per heavy atom. The van der Waals surface area contributed by atoms with Gasteiger partial charge in [-0.15, -0.1) is 0 Å². The zero-order valence-electron chi connectivity index (χ0n) is 17.1. The molecule has 0 radical (unpaired) electrons. The van der Waals surface area contributed by atoms with Gasteiger partial charge in [-0.3, -0.25) is 0 Å². The van der Waals surface area contributed by atoms with Crippen LogP contribution in [0.1, 0.15) is 23.5 Å². The molecule has 6 rings (SSSR count). The van der Waals surface area contributed by atoms with E-state index in [2.05, 4.69) is 97.1 Å². The van der Waals surface area contributed by atoms with Gasteiger partial charge < -0.3 is 49.6 Å². The van der Waals surface area contributed by atoms with E-state index in [4.69, 9.17) is 0 Å². The SMILES string of the molecule is C1=CC2=c3ccccc3=C(CC3c4ccccc4-c4ccccc43)C2C=C1.[Cl-].[Cl-].[Cl-].[Cl-].[Zr+4]. The summed E-state index contributed by atoms with van der Waals surface area (Å²) in [6, 6.07) is 26.8. The molecule has 0 spiro atoms. The Hall–Kier alpha value is -1.08. The minimum absolute atomic E-state index is 0. The molecule has 1 unspecified atom stereocenters. The van der Waals surface area contributed by atoms with Gasteiger partial charge in [0.2, 0.25) is 0 Å². The standard InChI is InChI=1S/C27H20.4ClH.Zr/c1-5-13-22-18(9-1)19-10-2-6-14-23(19)26(22)17-27-24-15-7-3-11-20(24)21-12-4-8-16-25(21)27;;;;;/h1-16,22,27H,17H2;4*1H;/q;;;;;+4/p-4. The summed E-state index contributed by atoms with van der Waals surface area (Å²) < 4.78 is 0. The Balaban J connectivity index is 0.00000102. The van der Waals surface area contributed by atoms with E-state index in [-0.39, 0.29) is 75.8 Å². The molecule has 0 heterocycles. The van der Waals surface area contributed by atoms with Crippen LogP contribution in [0.5, 0.6) is 0 Å². The first kappa shape index (κ1) is 29.0. The van der Waals surface area contributed by atoms with E-state index in [1.165, 1.54) is 38.3 Å². The van der Waals surface area contributed by atoms with Gasteiger partial charge in [0.1, 0.15) is 0 Å². The second kappa shape index (κ2) is 11.9. The fourth-order valence-electron chi connectivity index (χ4n) is 5.22. The first-order chi connectivity index (χ1) is 13.4. The van der Waals surface area contributed by atoms with E-state index >= 15 is 0 Å². The van der Waals surface area contributed by atoms with Crippen LogP contribution in [0.4, 0.5) is 0 Å². The van der Waals surface area contributed by atoms with Crippen LogP contribution < -0.4 is 60.1 Å². The summed E-state index contributed by atoms with van der Waals surface area (Å²) in [6.07, 6.45) is 10.1. The first-order valence-electron chi connectivity index (χ1n) is 9.77. The van der Waals surface area contributed by atoms with Crippen molar-refractivity contribution in [3.8, 4) is 11.1 Å². The summed E-state index contributed by atoms with van der Waals surface area (Å²) >= 11 is 0. The quantitative estimate of drug-likeness (QED) is 0.284. The van der Waals surface area contributed by atoms with E-state index in [1.807, 2.05) is 0 Å². The minimum Gasteiger partial charge on any atom is -1.00 e. The third kappa shape index (κ3) is 4.48. The summed E-state index contributed by atoms with van der Waals surface area (Å²) in [6.45, 7) is 0. The zero-order valence-corrected chi connectivity index (χ0v) is 22.6. The van der Waals surface area contributed by atoms with Crippen LogP contribution in [0, 0.1) is 5.92 Å². The van der Waals surface area contributed by atoms with Crippen molar-refractivity contribution in [3.63, 3.8) is 0 Å². The monoisotopic (exact) mass is 574 g/mol. The molecule has 3 aliphatic carbocycles. The molecule has 160 valence electrons. The summed E-state index contributed by atoms with van der Waals surface area (Å²) in [7, 11) is 0. The normalized spacial score (nSPS) is 16.1. The molecule has 0 aromatic heterocycles. The average molecular weight is 577 g/mol. The van der Waals surface area contributed by atoms with Crippen molar-refractivity contribution in [2.45, 2.75) is 12.3 Å². The van der Waals surface area contributed by atoms with Gasteiger partial charge in [0.15, 0.2) is 0 Å². The Morgan fingerprint density at radius 1 is 0.594 bits per heavy atom. The smallest absolute Gasteiger partial charge is 1.00 e. The molecule has 0 bridgehead atoms. The van der Waals surface area contributed by atoms with Crippen LogP contribution in [-0.2, 0) is 26.2 Å². The fourth-order valence-corrected chi connectivity index (χ4v) is 5.22. The summed E-state index contributed by atoms with van der Waals surface area (Å²) in [5.74, 6) is 0.867. The van der Waals surface area contributed by atoms with E-state index in [9.17, 15) is 0 Å². The number of hydrogen-bond acceptors (Lipinski definition) is 0. The van der Waals surface area contributed by atoms with Gasteiger partial charge in [-0.2, -0.15) is 0 Å². The van der Waals surface area contributed by atoms with Crippen molar-refractivity contribution in [1.82, 2.24) is 0 Å². The predicted molar refractivity (Wildman–Crippen MR) is 113 cm³/mol. The van der Waals surface area contributed by atoms with Crippen LogP contribution in [0.2, 0.25) is 0 Å². The van der Waals surface area contributed by atoms with Gasteiger partial charge in [-0.1, -0.05) is 103 Å². The third-order valence-electron chi connectivity index (χ3n) is 6.37. The number of allylic oxidation sites excluding steroid dienone is 4. The van der Waals surface area contributed by atoms with Gasteiger partial charge in [-0.05, 0) is 44.7 Å². The maximum absolute atomic E-state index is 2.37. The van der Waals surface area contributed by atoms with Crippen LogP contribution in [0.25, 0.3) is 22.3 Å². The largest absolute Gasteiger partial charge is 4.00 e. The second-order valence-electron chi connectivity index (χ2n) is 7.68. The number of rotatable bonds is 2.